The van der Waals surface area contributed by atoms with Crippen LogP contribution >= 0.6 is 12.2 Å². The second-order valence-corrected chi connectivity index (χ2v) is 9.36. The Morgan fingerprint density at radius 1 is 1.03 bits per heavy atom. The van der Waals surface area contributed by atoms with Crippen molar-refractivity contribution in [3.63, 3.8) is 0 Å². The van der Waals surface area contributed by atoms with Gasteiger partial charge in [0.1, 0.15) is 18.8 Å². The first-order chi connectivity index (χ1) is 17.9. The molecule has 1 fully saturated rings. The normalized spacial score (nSPS) is 23.0. The van der Waals surface area contributed by atoms with Crippen LogP contribution in [0.15, 0.2) is 24.5 Å². The molecule has 5 atom stereocenters. The smallest absolute Gasteiger partial charge is 0.303 e. The van der Waals surface area contributed by atoms with Gasteiger partial charge in [0.25, 0.3) is 0 Å². The molecule has 206 valence electrons. The number of pyridine rings is 1. The van der Waals surface area contributed by atoms with Gasteiger partial charge in [-0.2, -0.15) is 0 Å². The van der Waals surface area contributed by atoms with E-state index in [-0.39, 0.29) is 17.4 Å². The monoisotopic (exact) mass is 549 g/mol. The van der Waals surface area contributed by atoms with Gasteiger partial charge in [0.2, 0.25) is 10.7 Å². The van der Waals surface area contributed by atoms with Crippen molar-refractivity contribution in [1.82, 2.24) is 24.6 Å². The minimum Gasteiger partial charge on any atom is -0.463 e. The minimum absolute atomic E-state index is 0.114. The lowest BCUT2D eigenvalue weighted by molar-refractivity contribution is -0.239. The topological polar surface area (TPSA) is 153 Å². The first-order valence-electron chi connectivity index (χ1n) is 11.9. The Morgan fingerprint density at radius 2 is 1.63 bits per heavy atom. The second-order valence-electron chi connectivity index (χ2n) is 8.99. The number of carbonyl (C=O) groups is 4. The van der Waals surface area contributed by atoms with E-state index in [1.807, 2.05) is 13.8 Å². The van der Waals surface area contributed by atoms with E-state index in [0.29, 0.717) is 5.82 Å². The van der Waals surface area contributed by atoms with Gasteiger partial charge >= 0.3 is 17.9 Å². The maximum Gasteiger partial charge on any atom is 0.303 e. The van der Waals surface area contributed by atoms with Gasteiger partial charge in [0.05, 0.1) is 0 Å². The summed E-state index contributed by atoms with van der Waals surface area (Å²) in [5.74, 6) is -1.93. The highest BCUT2D eigenvalue weighted by molar-refractivity contribution is 7.71. The molecule has 1 aliphatic heterocycles. The first-order valence-corrected chi connectivity index (χ1v) is 12.3. The maximum atomic E-state index is 12.3. The van der Waals surface area contributed by atoms with Crippen LogP contribution in [0.5, 0.6) is 0 Å². The predicted octanol–water partition coefficient (Wildman–Crippen LogP) is 1.89. The molecule has 0 unspecified atom stereocenters. The Labute approximate surface area is 224 Å². The van der Waals surface area contributed by atoms with E-state index < -0.39 is 54.4 Å². The molecule has 3 heterocycles. The third kappa shape index (κ3) is 6.61. The molecule has 14 heteroatoms. The molecule has 0 aromatic carbocycles. The Morgan fingerprint density at radius 3 is 2.16 bits per heavy atom. The molecule has 0 aliphatic carbocycles. The van der Waals surface area contributed by atoms with E-state index in [2.05, 4.69) is 10.3 Å². The van der Waals surface area contributed by atoms with E-state index in [1.165, 1.54) is 32.4 Å². The molecule has 1 saturated heterocycles. The van der Waals surface area contributed by atoms with Crippen molar-refractivity contribution in [3.8, 4) is 11.4 Å². The molecule has 0 saturated carbocycles. The summed E-state index contributed by atoms with van der Waals surface area (Å²) in [6.07, 6.45) is -1.43. The minimum atomic E-state index is -1.23. The van der Waals surface area contributed by atoms with E-state index in [4.69, 9.17) is 36.3 Å². The van der Waals surface area contributed by atoms with Crippen molar-refractivity contribution in [1.29, 1.82) is 0 Å². The standard InChI is InChI=1S/C24H31N5O8S/c1-12(2)28-22(17-7-9-25-10-8-17)27-29(24(28)38)23-19(26-13(3)30)21(36-16(6)33)20(35-15(5)32)18(37-23)11-34-14(4)31/h7-10,12,18-21,23H,11H2,1-6H3,(H,26,30)/t18-,19+,20+,21-,23-/m0/s1. The molecule has 38 heavy (non-hydrogen) atoms. The molecule has 0 spiro atoms. The maximum absolute atomic E-state index is 12.3. The van der Waals surface area contributed by atoms with Crippen LogP contribution in [0.3, 0.4) is 0 Å². The molecule has 1 aliphatic rings. The van der Waals surface area contributed by atoms with Crippen LogP contribution in [0.1, 0.15) is 53.8 Å². The van der Waals surface area contributed by atoms with E-state index in [9.17, 15) is 19.2 Å². The van der Waals surface area contributed by atoms with Crippen LogP contribution in [-0.4, -0.2) is 74.1 Å². The number of esters is 3. The third-order valence-corrected chi connectivity index (χ3v) is 6.00. The van der Waals surface area contributed by atoms with Crippen LogP contribution in [0, 0.1) is 4.77 Å². The van der Waals surface area contributed by atoms with Crippen molar-refractivity contribution >= 4 is 36.0 Å². The van der Waals surface area contributed by atoms with E-state index >= 15 is 0 Å². The average molecular weight is 550 g/mol. The lowest BCUT2D eigenvalue weighted by Gasteiger charge is -2.45. The number of rotatable bonds is 8. The summed E-state index contributed by atoms with van der Waals surface area (Å²) in [6.45, 7) is 8.39. The van der Waals surface area contributed by atoms with Crippen molar-refractivity contribution in [2.75, 3.05) is 6.61 Å². The zero-order valence-corrected chi connectivity index (χ0v) is 22.8. The van der Waals surface area contributed by atoms with Gasteiger partial charge in [0, 0.05) is 51.7 Å². The SMILES string of the molecule is CC(=O)N[C@@H]1[C@H](OC(C)=O)[C@H](OC(C)=O)[C@H](COC(C)=O)O[C@@H]1n1nc(-c2ccncc2)n(C(C)C)c1=S. The summed E-state index contributed by atoms with van der Waals surface area (Å²) in [7, 11) is 0. The molecule has 1 amide bonds. The van der Waals surface area contributed by atoms with Gasteiger partial charge in [-0.15, -0.1) is 5.10 Å². The molecule has 1 N–H and O–H groups in total. The molecule has 2 aromatic rings. The van der Waals surface area contributed by atoms with Gasteiger partial charge in [-0.1, -0.05) is 0 Å². The molecular formula is C24H31N5O8S. The van der Waals surface area contributed by atoms with Crippen LogP contribution in [0.4, 0.5) is 0 Å². The van der Waals surface area contributed by atoms with Crippen LogP contribution < -0.4 is 5.32 Å². The highest BCUT2D eigenvalue weighted by Crippen LogP contribution is 2.34. The van der Waals surface area contributed by atoms with Gasteiger partial charge in [0.15, 0.2) is 24.3 Å². The second kappa shape index (κ2) is 12.3. The van der Waals surface area contributed by atoms with E-state index in [1.54, 1.807) is 29.1 Å². The molecule has 2 aromatic heterocycles. The molecule has 0 bridgehead atoms. The fourth-order valence-electron chi connectivity index (χ4n) is 4.24. The summed E-state index contributed by atoms with van der Waals surface area (Å²) in [6, 6.07) is 2.35. The van der Waals surface area contributed by atoms with Gasteiger partial charge < -0.3 is 24.3 Å². The summed E-state index contributed by atoms with van der Waals surface area (Å²) in [5.41, 5.74) is 0.733. The lowest BCUT2D eigenvalue weighted by atomic mass is 9.95. The highest BCUT2D eigenvalue weighted by Gasteiger charge is 2.52. The number of nitrogens with zero attached hydrogens (tertiary/aromatic N) is 4. The van der Waals surface area contributed by atoms with Gasteiger partial charge in [-0.05, 0) is 38.2 Å². The fourth-order valence-corrected chi connectivity index (χ4v) is 4.68. The van der Waals surface area contributed by atoms with Crippen LogP contribution in [-0.2, 0) is 38.1 Å². The highest BCUT2D eigenvalue weighted by atomic mass is 32.1. The summed E-state index contributed by atoms with van der Waals surface area (Å²) in [4.78, 5) is 52.1. The van der Waals surface area contributed by atoms with Crippen LogP contribution in [0.25, 0.3) is 11.4 Å². The molecule has 13 nitrogen and oxygen atoms in total. The number of nitrogens with one attached hydrogen (secondary N) is 1. The Hall–Kier alpha value is -3.65. The first kappa shape index (κ1) is 28.9. The largest absolute Gasteiger partial charge is 0.463 e. The zero-order chi connectivity index (χ0) is 28.1. The molecule has 3 rings (SSSR count). The summed E-state index contributed by atoms with van der Waals surface area (Å²) >= 11 is 5.78. The van der Waals surface area contributed by atoms with E-state index in [0.717, 1.165) is 5.56 Å². The van der Waals surface area contributed by atoms with Gasteiger partial charge in [-0.25, -0.2) is 4.68 Å². The Balaban J connectivity index is 2.21. The predicted molar refractivity (Wildman–Crippen MR) is 134 cm³/mol. The van der Waals surface area contributed by atoms with Crippen molar-refractivity contribution < 1.29 is 38.1 Å². The Bertz CT molecular complexity index is 1240. The number of ether oxygens (including phenoxy) is 4. The van der Waals surface area contributed by atoms with Crippen molar-refractivity contribution in [3.05, 3.63) is 29.3 Å². The number of aromatic nitrogens is 4. The van der Waals surface area contributed by atoms with Gasteiger partial charge in [-0.3, -0.25) is 28.7 Å². The lowest BCUT2D eigenvalue weighted by Crippen LogP contribution is -2.64. The number of carbonyl (C=O) groups excluding carboxylic acids is 4. The van der Waals surface area contributed by atoms with Crippen molar-refractivity contribution in [2.45, 2.75) is 78.2 Å². The van der Waals surface area contributed by atoms with Crippen LogP contribution in [0.2, 0.25) is 0 Å². The molecular weight excluding hydrogens is 518 g/mol. The average Bonchev–Trinajstić information content (AvgIpc) is 3.17. The fraction of sp³-hybridized carbons (Fsp3) is 0.542. The quantitative estimate of drug-likeness (QED) is 0.292. The third-order valence-electron chi connectivity index (χ3n) is 5.62. The summed E-state index contributed by atoms with van der Waals surface area (Å²) < 4.78 is 25.9. The number of hydrogen-bond acceptors (Lipinski definition) is 11. The number of amides is 1. The Kier molecular flexibility index (Phi) is 9.33. The summed E-state index contributed by atoms with van der Waals surface area (Å²) in [5, 5.41) is 7.46. The number of hydrogen-bond donors (Lipinski definition) is 1. The molecule has 0 radical (unpaired) electrons. The zero-order valence-electron chi connectivity index (χ0n) is 21.9. The van der Waals surface area contributed by atoms with Crippen molar-refractivity contribution in [2.24, 2.45) is 0 Å².